The first-order chi connectivity index (χ1) is 7.05. The smallest absolute Gasteiger partial charge is 0.0197 e. The Kier molecular flexibility index (Phi) is 3.36. The van der Waals surface area contributed by atoms with E-state index in [2.05, 4.69) is 31.1 Å². The lowest BCUT2D eigenvalue weighted by molar-refractivity contribution is 0.213. The van der Waals surface area contributed by atoms with Crippen LogP contribution in [-0.2, 0) is 0 Å². The lowest BCUT2D eigenvalue weighted by Gasteiger charge is -2.32. The average molecular weight is 210 g/mol. The fourth-order valence-electron chi connectivity index (χ4n) is 3.21. The molecule has 1 aliphatic carbocycles. The van der Waals surface area contributed by atoms with E-state index in [0.717, 1.165) is 12.1 Å². The molecule has 0 aromatic carbocycles. The van der Waals surface area contributed by atoms with Gasteiger partial charge in [-0.05, 0) is 51.1 Å². The van der Waals surface area contributed by atoms with Gasteiger partial charge in [0.1, 0.15) is 0 Å². The second-order valence-corrected chi connectivity index (χ2v) is 6.37. The molecule has 15 heavy (non-hydrogen) atoms. The van der Waals surface area contributed by atoms with Gasteiger partial charge in [0.25, 0.3) is 0 Å². The summed E-state index contributed by atoms with van der Waals surface area (Å²) in [6, 6.07) is 1.54. The third kappa shape index (κ3) is 3.18. The molecule has 0 spiro atoms. The number of likely N-dealkylation sites (N-methyl/N-ethyl adjacent to an activating group) is 1. The van der Waals surface area contributed by atoms with Crippen molar-refractivity contribution in [3.63, 3.8) is 0 Å². The first-order valence-electron chi connectivity index (χ1n) is 6.50. The molecule has 0 aromatic rings. The number of nitrogens with one attached hydrogen (secondary N) is 1. The lowest BCUT2D eigenvalue weighted by Crippen LogP contribution is -2.47. The number of rotatable bonds is 2. The second-order valence-electron chi connectivity index (χ2n) is 6.37. The molecule has 2 fully saturated rings. The highest BCUT2D eigenvalue weighted by Gasteiger charge is 2.32. The molecule has 2 heteroatoms. The van der Waals surface area contributed by atoms with Crippen molar-refractivity contribution < 1.29 is 0 Å². The van der Waals surface area contributed by atoms with Gasteiger partial charge in [-0.15, -0.1) is 0 Å². The van der Waals surface area contributed by atoms with Gasteiger partial charge in [-0.3, -0.25) is 0 Å². The summed E-state index contributed by atoms with van der Waals surface area (Å²) in [6.07, 6.45) is 6.89. The Morgan fingerprint density at radius 1 is 1.20 bits per heavy atom. The third-order valence-electron chi connectivity index (χ3n) is 4.06. The number of likely N-dealkylation sites (tertiary alicyclic amines) is 1. The van der Waals surface area contributed by atoms with E-state index in [0.29, 0.717) is 5.41 Å². The van der Waals surface area contributed by atoms with Gasteiger partial charge in [0, 0.05) is 18.6 Å². The van der Waals surface area contributed by atoms with Crippen molar-refractivity contribution in [3.05, 3.63) is 0 Å². The molecule has 1 heterocycles. The largest absolute Gasteiger partial charge is 0.310 e. The van der Waals surface area contributed by atoms with Crippen LogP contribution in [0, 0.1) is 5.41 Å². The molecular weight excluding hydrogens is 184 g/mol. The zero-order valence-corrected chi connectivity index (χ0v) is 10.6. The van der Waals surface area contributed by atoms with Crippen LogP contribution in [0.4, 0.5) is 0 Å². The second kappa shape index (κ2) is 4.42. The van der Waals surface area contributed by atoms with E-state index in [9.17, 15) is 0 Å². The highest BCUT2D eigenvalue weighted by Crippen LogP contribution is 2.37. The van der Waals surface area contributed by atoms with Crippen LogP contribution in [0.2, 0.25) is 0 Å². The Bertz CT molecular complexity index is 213. The van der Waals surface area contributed by atoms with E-state index in [4.69, 9.17) is 0 Å². The number of hydrogen-bond acceptors (Lipinski definition) is 2. The molecule has 2 aliphatic rings. The SMILES string of the molecule is CN1CCCC(NC2CCC(C)(C)C2)C1. The molecule has 0 radical (unpaired) electrons. The molecule has 2 atom stereocenters. The Hall–Kier alpha value is -0.0800. The summed E-state index contributed by atoms with van der Waals surface area (Å²) in [6.45, 7) is 7.34. The maximum absolute atomic E-state index is 3.86. The van der Waals surface area contributed by atoms with Crippen LogP contribution in [0.5, 0.6) is 0 Å². The van der Waals surface area contributed by atoms with Crippen LogP contribution < -0.4 is 5.32 Å². The lowest BCUT2D eigenvalue weighted by atomic mass is 9.91. The molecule has 0 bridgehead atoms. The van der Waals surface area contributed by atoms with E-state index < -0.39 is 0 Å². The molecule has 1 saturated heterocycles. The van der Waals surface area contributed by atoms with Crippen molar-refractivity contribution in [3.8, 4) is 0 Å². The minimum absolute atomic E-state index is 0.582. The van der Waals surface area contributed by atoms with Crippen molar-refractivity contribution in [1.82, 2.24) is 10.2 Å². The van der Waals surface area contributed by atoms with Crippen LogP contribution in [-0.4, -0.2) is 37.1 Å². The van der Waals surface area contributed by atoms with Crippen molar-refractivity contribution >= 4 is 0 Å². The molecule has 2 rings (SSSR count). The Labute approximate surface area is 94.4 Å². The predicted molar refractivity (Wildman–Crippen MR) is 65.1 cm³/mol. The minimum atomic E-state index is 0.582. The Morgan fingerprint density at radius 2 is 2.00 bits per heavy atom. The summed E-state index contributed by atoms with van der Waals surface area (Å²) in [5, 5.41) is 3.86. The summed E-state index contributed by atoms with van der Waals surface area (Å²) in [4.78, 5) is 2.46. The summed E-state index contributed by atoms with van der Waals surface area (Å²) < 4.78 is 0. The van der Waals surface area contributed by atoms with Crippen molar-refractivity contribution in [1.29, 1.82) is 0 Å². The molecular formula is C13H26N2. The third-order valence-corrected chi connectivity index (χ3v) is 4.06. The molecule has 88 valence electrons. The number of nitrogens with zero attached hydrogens (tertiary/aromatic N) is 1. The molecule has 1 N–H and O–H groups in total. The molecule has 1 aliphatic heterocycles. The monoisotopic (exact) mass is 210 g/mol. The first kappa shape index (κ1) is 11.4. The Balaban J connectivity index is 1.77. The number of hydrogen-bond donors (Lipinski definition) is 1. The highest BCUT2D eigenvalue weighted by molar-refractivity contribution is 4.89. The standard InChI is InChI=1S/C13H26N2/c1-13(2)7-6-11(9-13)14-12-5-4-8-15(3)10-12/h11-12,14H,4-10H2,1-3H3. The summed E-state index contributed by atoms with van der Waals surface area (Å²) in [5.41, 5.74) is 0.582. The van der Waals surface area contributed by atoms with E-state index in [-0.39, 0.29) is 0 Å². The summed E-state index contributed by atoms with van der Waals surface area (Å²) >= 11 is 0. The van der Waals surface area contributed by atoms with Crippen LogP contribution in [0.15, 0.2) is 0 Å². The first-order valence-corrected chi connectivity index (χ1v) is 6.50. The number of piperidine rings is 1. The maximum atomic E-state index is 3.86. The van der Waals surface area contributed by atoms with Gasteiger partial charge in [0.05, 0.1) is 0 Å². The van der Waals surface area contributed by atoms with Gasteiger partial charge in [-0.25, -0.2) is 0 Å². The summed E-state index contributed by atoms with van der Waals surface area (Å²) in [5.74, 6) is 0. The molecule has 2 nitrogen and oxygen atoms in total. The molecule has 1 saturated carbocycles. The zero-order valence-electron chi connectivity index (χ0n) is 10.6. The van der Waals surface area contributed by atoms with Crippen molar-refractivity contribution in [2.24, 2.45) is 5.41 Å². The fourth-order valence-corrected chi connectivity index (χ4v) is 3.21. The summed E-state index contributed by atoms with van der Waals surface area (Å²) in [7, 11) is 2.24. The van der Waals surface area contributed by atoms with Crippen LogP contribution in [0.3, 0.4) is 0 Å². The van der Waals surface area contributed by atoms with Crippen LogP contribution in [0.25, 0.3) is 0 Å². The van der Waals surface area contributed by atoms with Crippen LogP contribution >= 0.6 is 0 Å². The quantitative estimate of drug-likeness (QED) is 0.752. The van der Waals surface area contributed by atoms with Gasteiger partial charge in [0.2, 0.25) is 0 Å². The molecule has 0 amide bonds. The van der Waals surface area contributed by atoms with Gasteiger partial charge in [-0.2, -0.15) is 0 Å². The Morgan fingerprint density at radius 3 is 2.60 bits per heavy atom. The molecule has 2 unspecified atom stereocenters. The average Bonchev–Trinajstić information content (AvgIpc) is 2.45. The molecule has 0 aromatic heterocycles. The van der Waals surface area contributed by atoms with Gasteiger partial charge in [0.15, 0.2) is 0 Å². The van der Waals surface area contributed by atoms with Crippen molar-refractivity contribution in [2.45, 2.75) is 58.0 Å². The highest BCUT2D eigenvalue weighted by atomic mass is 15.1. The normalized spacial score (nSPS) is 37.0. The zero-order chi connectivity index (χ0) is 10.9. The van der Waals surface area contributed by atoms with E-state index in [1.807, 2.05) is 0 Å². The van der Waals surface area contributed by atoms with Gasteiger partial charge in [-0.1, -0.05) is 13.8 Å². The van der Waals surface area contributed by atoms with E-state index >= 15 is 0 Å². The minimum Gasteiger partial charge on any atom is -0.310 e. The van der Waals surface area contributed by atoms with Crippen LogP contribution in [0.1, 0.15) is 46.0 Å². The van der Waals surface area contributed by atoms with E-state index in [1.54, 1.807) is 0 Å². The van der Waals surface area contributed by atoms with Gasteiger partial charge >= 0.3 is 0 Å². The van der Waals surface area contributed by atoms with Crippen molar-refractivity contribution in [2.75, 3.05) is 20.1 Å². The topological polar surface area (TPSA) is 15.3 Å². The van der Waals surface area contributed by atoms with E-state index in [1.165, 1.54) is 45.2 Å². The van der Waals surface area contributed by atoms with Gasteiger partial charge < -0.3 is 10.2 Å². The maximum Gasteiger partial charge on any atom is 0.0197 e. The predicted octanol–water partition coefficient (Wildman–Crippen LogP) is 2.25. The fraction of sp³-hybridized carbons (Fsp3) is 1.00.